The molecule has 35 heavy (non-hydrogen) atoms. The SMILES string of the molecule is O=S(=O)(O)CCCN1/C(=C\c2sc3cc(Cl)ccc3[n+]2CCCS(=O)(=O)O)Sc2cc(Cl)ccc21. The maximum absolute atomic E-state index is 11.2. The molecule has 0 aliphatic carbocycles. The summed E-state index contributed by atoms with van der Waals surface area (Å²) in [6.07, 6.45) is 2.39. The van der Waals surface area contributed by atoms with Gasteiger partial charge in [0.2, 0.25) is 5.52 Å². The summed E-state index contributed by atoms with van der Waals surface area (Å²) in [5.74, 6) is -0.719. The molecule has 2 aromatic carbocycles. The number of fused-ring (bicyclic) bond motifs is 2. The second kappa shape index (κ2) is 10.5. The Kier molecular flexibility index (Phi) is 8.04. The van der Waals surface area contributed by atoms with Crippen molar-refractivity contribution in [3.63, 3.8) is 0 Å². The smallest absolute Gasteiger partial charge is 0.265 e. The zero-order valence-electron chi connectivity index (χ0n) is 18.1. The normalized spacial score (nSPS) is 15.3. The fourth-order valence-corrected chi connectivity index (χ4v) is 7.61. The average molecular weight is 597 g/mol. The van der Waals surface area contributed by atoms with E-state index in [1.807, 2.05) is 39.8 Å². The van der Waals surface area contributed by atoms with Crippen LogP contribution < -0.4 is 9.47 Å². The Morgan fingerprint density at radius 1 is 0.943 bits per heavy atom. The van der Waals surface area contributed by atoms with Gasteiger partial charge in [0.1, 0.15) is 4.70 Å². The highest BCUT2D eigenvalue weighted by atomic mass is 35.5. The van der Waals surface area contributed by atoms with Crippen LogP contribution in [-0.2, 0) is 26.8 Å². The Labute approximate surface area is 221 Å². The number of benzene rings is 2. The Morgan fingerprint density at radius 2 is 1.60 bits per heavy atom. The molecule has 8 nitrogen and oxygen atoms in total. The van der Waals surface area contributed by atoms with Crippen LogP contribution in [0.1, 0.15) is 17.8 Å². The first-order valence-electron chi connectivity index (χ1n) is 10.4. The Hall–Kier alpha value is -1.38. The summed E-state index contributed by atoms with van der Waals surface area (Å²) in [4.78, 5) is 2.89. The molecule has 0 fully saturated rings. The largest absolute Gasteiger partial charge is 0.335 e. The van der Waals surface area contributed by atoms with Crippen molar-refractivity contribution in [1.82, 2.24) is 0 Å². The van der Waals surface area contributed by atoms with Crippen molar-refractivity contribution in [2.75, 3.05) is 23.0 Å². The maximum Gasteiger partial charge on any atom is 0.265 e. The Morgan fingerprint density at radius 3 is 2.31 bits per heavy atom. The highest BCUT2D eigenvalue weighted by Crippen LogP contribution is 2.48. The number of thiazole rings is 1. The number of aromatic nitrogens is 1. The number of halogens is 2. The van der Waals surface area contributed by atoms with Crippen LogP contribution in [0.25, 0.3) is 16.3 Å². The number of anilines is 1. The van der Waals surface area contributed by atoms with E-state index in [2.05, 4.69) is 0 Å². The molecule has 1 aliphatic rings. The van der Waals surface area contributed by atoms with Gasteiger partial charge in [0.05, 0.1) is 28.3 Å². The summed E-state index contributed by atoms with van der Waals surface area (Å²) in [5.41, 5.74) is 1.76. The van der Waals surface area contributed by atoms with Crippen LogP contribution >= 0.6 is 46.3 Å². The van der Waals surface area contributed by atoms with Gasteiger partial charge >= 0.3 is 0 Å². The highest BCUT2D eigenvalue weighted by Gasteiger charge is 2.28. The minimum Gasteiger partial charge on any atom is -0.335 e. The van der Waals surface area contributed by atoms with Crippen LogP contribution in [0.3, 0.4) is 0 Å². The third-order valence-corrected chi connectivity index (χ3v) is 9.47. The topological polar surface area (TPSA) is 116 Å². The lowest BCUT2D eigenvalue weighted by Crippen LogP contribution is -2.36. The predicted octanol–water partition coefficient (Wildman–Crippen LogP) is 4.96. The van der Waals surface area contributed by atoms with Crippen molar-refractivity contribution >= 4 is 88.5 Å². The van der Waals surface area contributed by atoms with Gasteiger partial charge in [0, 0.05) is 34.0 Å². The van der Waals surface area contributed by atoms with E-state index in [0.29, 0.717) is 23.1 Å². The van der Waals surface area contributed by atoms with Gasteiger partial charge in [-0.3, -0.25) is 9.11 Å². The van der Waals surface area contributed by atoms with Crippen molar-refractivity contribution in [2.45, 2.75) is 24.3 Å². The molecule has 2 heterocycles. The zero-order valence-corrected chi connectivity index (χ0v) is 22.9. The molecule has 0 bridgehead atoms. The van der Waals surface area contributed by atoms with E-state index in [-0.39, 0.29) is 24.3 Å². The van der Waals surface area contributed by atoms with Gasteiger partial charge in [-0.25, -0.2) is 0 Å². The van der Waals surface area contributed by atoms with E-state index >= 15 is 0 Å². The molecule has 1 aromatic heterocycles. The van der Waals surface area contributed by atoms with Crippen LogP contribution in [0.5, 0.6) is 0 Å². The monoisotopic (exact) mass is 595 g/mol. The number of hydrogen-bond donors (Lipinski definition) is 2. The van der Waals surface area contributed by atoms with E-state index in [9.17, 15) is 16.8 Å². The number of aryl methyl sites for hydroxylation is 1. The van der Waals surface area contributed by atoms with Gasteiger partial charge in [0.15, 0.2) is 6.54 Å². The number of thioether (sulfide) groups is 1. The number of rotatable bonds is 9. The molecule has 4 rings (SSSR count). The van der Waals surface area contributed by atoms with Gasteiger partial charge in [-0.1, -0.05) is 46.3 Å². The summed E-state index contributed by atoms with van der Waals surface area (Å²) in [6, 6.07) is 10.9. The van der Waals surface area contributed by atoms with Gasteiger partial charge in [-0.2, -0.15) is 21.4 Å². The lowest BCUT2D eigenvalue weighted by molar-refractivity contribution is -0.668. The van der Waals surface area contributed by atoms with Gasteiger partial charge < -0.3 is 4.90 Å². The quantitative estimate of drug-likeness (QED) is 0.263. The second-order valence-corrected chi connectivity index (χ2v) is 14.0. The van der Waals surface area contributed by atoms with E-state index in [1.54, 1.807) is 12.1 Å². The van der Waals surface area contributed by atoms with E-state index in [0.717, 1.165) is 30.8 Å². The average Bonchev–Trinajstić information content (AvgIpc) is 3.23. The number of hydrogen-bond acceptors (Lipinski definition) is 7. The van der Waals surface area contributed by atoms with Crippen LogP contribution in [0.2, 0.25) is 10.0 Å². The molecule has 0 amide bonds. The van der Waals surface area contributed by atoms with E-state index < -0.39 is 20.2 Å². The number of nitrogens with zero attached hydrogens (tertiary/aromatic N) is 2. The summed E-state index contributed by atoms with van der Waals surface area (Å²) in [7, 11) is -8.17. The summed E-state index contributed by atoms with van der Waals surface area (Å²) in [6.45, 7) is 0.708. The van der Waals surface area contributed by atoms with Crippen molar-refractivity contribution in [2.24, 2.45) is 0 Å². The minimum absolute atomic E-state index is 0.217. The first kappa shape index (κ1) is 26.7. The lowest BCUT2D eigenvalue weighted by Gasteiger charge is -2.19. The zero-order chi connectivity index (χ0) is 25.4. The highest BCUT2D eigenvalue weighted by molar-refractivity contribution is 8.04. The molecule has 188 valence electrons. The molecule has 0 spiro atoms. The van der Waals surface area contributed by atoms with Gasteiger partial charge in [-0.15, -0.1) is 0 Å². The van der Waals surface area contributed by atoms with Crippen molar-refractivity contribution in [3.8, 4) is 0 Å². The van der Waals surface area contributed by atoms with E-state index in [4.69, 9.17) is 32.3 Å². The molecule has 0 atom stereocenters. The summed E-state index contributed by atoms with van der Waals surface area (Å²) < 4.78 is 66.1. The Bertz CT molecular complexity index is 1520. The molecule has 0 radical (unpaired) electrons. The molecule has 2 N–H and O–H groups in total. The molecular formula is C21H21Cl2N2O6S4+. The third-order valence-electron chi connectivity index (χ3n) is 5.20. The van der Waals surface area contributed by atoms with Gasteiger partial charge in [-0.05, 0) is 36.8 Å². The van der Waals surface area contributed by atoms with Gasteiger partial charge in [0.25, 0.3) is 25.2 Å². The fraction of sp³-hybridized carbons (Fsp3) is 0.286. The maximum atomic E-state index is 11.2. The van der Waals surface area contributed by atoms with Crippen molar-refractivity contribution in [3.05, 3.63) is 56.5 Å². The second-order valence-electron chi connectivity index (χ2n) is 7.83. The van der Waals surface area contributed by atoms with Crippen LogP contribution in [0.15, 0.2) is 46.3 Å². The first-order valence-corrected chi connectivity index (χ1v) is 16.0. The molecule has 0 saturated carbocycles. The predicted molar refractivity (Wildman–Crippen MR) is 142 cm³/mol. The molecule has 14 heteroatoms. The standard InChI is InChI=1S/C21H20Cl2N2O6S4/c22-14-3-5-16-18(11-14)32-20(24(16)7-1-9-34(26,27)28)13-21-25(8-2-10-35(29,30)31)17-6-4-15(23)12-19(17)33-21/h3-6,11-13H,1-2,7-10H2,(H-,26,27,28,29,30,31)/p+1. The summed E-state index contributed by atoms with van der Waals surface area (Å²) in [5, 5.41) is 2.82. The Balaban J connectivity index is 1.73. The van der Waals surface area contributed by atoms with Crippen LogP contribution in [0, 0.1) is 0 Å². The van der Waals surface area contributed by atoms with Crippen molar-refractivity contribution < 1.29 is 30.5 Å². The molecule has 0 unspecified atom stereocenters. The third kappa shape index (κ3) is 6.89. The minimum atomic E-state index is -4.08. The van der Waals surface area contributed by atoms with E-state index in [1.165, 1.54) is 23.1 Å². The van der Waals surface area contributed by atoms with Crippen LogP contribution in [0.4, 0.5) is 5.69 Å². The lowest BCUT2D eigenvalue weighted by atomic mass is 10.2. The fourth-order valence-electron chi connectivity index (χ4n) is 3.75. The molecular weight excluding hydrogens is 575 g/mol. The van der Waals surface area contributed by atoms with Crippen LogP contribution in [-0.4, -0.2) is 44.0 Å². The first-order chi connectivity index (χ1) is 16.4. The molecule has 1 aliphatic heterocycles. The molecule has 0 saturated heterocycles. The van der Waals surface area contributed by atoms with Crippen molar-refractivity contribution in [1.29, 1.82) is 0 Å². The summed E-state index contributed by atoms with van der Waals surface area (Å²) >= 11 is 15.3. The molecule has 3 aromatic rings.